The average Bonchev–Trinajstić information content (AvgIpc) is 2.21. The molecule has 0 heterocycles. The molecule has 0 fully saturated rings. The fraction of sp³-hybridized carbons (Fsp3) is 1.00. The van der Waals surface area contributed by atoms with Crippen molar-refractivity contribution in [2.75, 3.05) is 26.2 Å². The second-order valence-electron chi connectivity index (χ2n) is 3.34. The Kier molecular flexibility index (Phi) is 49.1. The number of hydrogen-bond acceptors (Lipinski definition) is 0. The van der Waals surface area contributed by atoms with Crippen LogP contribution >= 0.6 is 12.4 Å². The Morgan fingerprint density at radius 3 is 0.875 bits per heavy atom. The normalized spacial score (nSPS) is 8.25. The molecule has 0 spiro atoms. The monoisotopic (exact) mass is 378 g/mol. The van der Waals surface area contributed by atoms with E-state index in [2.05, 4.69) is 38.3 Å². The molecule has 0 rings (SSSR count). The van der Waals surface area contributed by atoms with Gasteiger partial charge in [0.05, 0.1) is 0 Å². The van der Waals surface area contributed by atoms with Crippen LogP contribution in [0.4, 0.5) is 0 Å². The smallest absolute Gasteiger partial charge is 0 e. The first-order valence-corrected chi connectivity index (χ1v) is 6.09. The van der Waals surface area contributed by atoms with Gasteiger partial charge >= 0.3 is 0 Å². The van der Waals surface area contributed by atoms with Crippen LogP contribution in [-0.4, -0.2) is 26.2 Å². The van der Waals surface area contributed by atoms with Crippen LogP contribution in [0, 0.1) is 40.8 Å². The summed E-state index contributed by atoms with van der Waals surface area (Å²) in [6.07, 6.45) is 4.78. The molecule has 4 heteroatoms. The van der Waals surface area contributed by atoms with E-state index in [0.29, 0.717) is 0 Å². The van der Waals surface area contributed by atoms with Gasteiger partial charge in [-0.15, -0.1) is 38.6 Å². The van der Waals surface area contributed by atoms with Crippen molar-refractivity contribution in [3.05, 3.63) is 10.6 Å². The van der Waals surface area contributed by atoms with Gasteiger partial charge in [0.15, 0.2) is 0 Å². The quantitative estimate of drug-likeness (QED) is 0.542. The molecular formula is C12H29ClN2Nd-2. The standard InChI is InChI=1S/2C6H14N.ClH.Nd/c2*1-3-5-7-6-4-2;;/h2*3-6H2,1-2H3;1H;/q2*-1;;. The van der Waals surface area contributed by atoms with Gasteiger partial charge in [-0.2, -0.15) is 0 Å². The first-order chi connectivity index (χ1) is 6.83. The van der Waals surface area contributed by atoms with E-state index in [-0.39, 0.29) is 53.2 Å². The van der Waals surface area contributed by atoms with E-state index in [1.54, 1.807) is 0 Å². The van der Waals surface area contributed by atoms with Crippen LogP contribution in [0.25, 0.3) is 10.6 Å². The second kappa shape index (κ2) is 30.0. The summed E-state index contributed by atoms with van der Waals surface area (Å²) in [6, 6.07) is 0. The molecular weight excluding hydrogens is 352 g/mol. The Bertz CT molecular complexity index is 67.4. The van der Waals surface area contributed by atoms with Crippen molar-refractivity contribution in [2.24, 2.45) is 0 Å². The van der Waals surface area contributed by atoms with E-state index in [9.17, 15) is 0 Å². The Hall–Kier alpha value is 1.56. The Morgan fingerprint density at radius 1 is 0.562 bits per heavy atom. The van der Waals surface area contributed by atoms with Crippen molar-refractivity contribution in [2.45, 2.75) is 53.4 Å². The first kappa shape index (κ1) is 26.2. The van der Waals surface area contributed by atoms with Gasteiger partial charge in [0.25, 0.3) is 0 Å². The minimum absolute atomic E-state index is 0. The largest absolute Gasteiger partial charge is 0.662 e. The number of halogens is 1. The topological polar surface area (TPSA) is 28.2 Å². The summed E-state index contributed by atoms with van der Waals surface area (Å²) in [5.74, 6) is 0. The average molecular weight is 381 g/mol. The maximum absolute atomic E-state index is 4.21. The molecule has 100 valence electrons. The summed E-state index contributed by atoms with van der Waals surface area (Å²) in [5.41, 5.74) is 0. The Labute approximate surface area is 142 Å². The molecule has 0 aliphatic heterocycles. The molecule has 0 N–H and O–H groups in total. The van der Waals surface area contributed by atoms with Crippen LogP contribution in [0.2, 0.25) is 0 Å². The predicted octanol–water partition coefficient (Wildman–Crippen LogP) is 4.78. The Morgan fingerprint density at radius 2 is 0.750 bits per heavy atom. The van der Waals surface area contributed by atoms with Gasteiger partial charge < -0.3 is 10.6 Å². The zero-order chi connectivity index (χ0) is 11.1. The molecule has 0 saturated carbocycles. The van der Waals surface area contributed by atoms with Crippen molar-refractivity contribution in [1.29, 1.82) is 0 Å². The summed E-state index contributed by atoms with van der Waals surface area (Å²) < 4.78 is 0. The van der Waals surface area contributed by atoms with Gasteiger partial charge in [-0.05, 0) is 0 Å². The number of hydrogen-bond donors (Lipinski definition) is 0. The zero-order valence-corrected chi connectivity index (χ0v) is 15.5. The molecule has 16 heavy (non-hydrogen) atoms. The molecule has 0 saturated heterocycles. The zero-order valence-electron chi connectivity index (χ0n) is 11.5. The molecule has 0 atom stereocenters. The van der Waals surface area contributed by atoms with E-state index in [4.69, 9.17) is 0 Å². The third-order valence-corrected chi connectivity index (χ3v) is 1.53. The fourth-order valence-corrected chi connectivity index (χ4v) is 0.856. The van der Waals surface area contributed by atoms with Gasteiger partial charge in [0.1, 0.15) is 0 Å². The van der Waals surface area contributed by atoms with Crippen molar-refractivity contribution in [3.63, 3.8) is 0 Å². The van der Waals surface area contributed by atoms with Crippen molar-refractivity contribution >= 4 is 12.4 Å². The van der Waals surface area contributed by atoms with Crippen LogP contribution in [0.1, 0.15) is 53.4 Å². The predicted molar refractivity (Wildman–Crippen MR) is 74.6 cm³/mol. The van der Waals surface area contributed by atoms with Crippen molar-refractivity contribution in [3.8, 4) is 0 Å². The Balaban J connectivity index is -0.0000000800. The van der Waals surface area contributed by atoms with E-state index in [1.165, 1.54) is 25.7 Å². The van der Waals surface area contributed by atoms with Crippen LogP contribution in [0.3, 0.4) is 0 Å². The third-order valence-electron chi connectivity index (χ3n) is 1.53. The molecule has 0 unspecified atom stereocenters. The molecule has 0 aromatic heterocycles. The minimum atomic E-state index is 0. The van der Waals surface area contributed by atoms with Crippen molar-refractivity contribution in [1.82, 2.24) is 0 Å². The van der Waals surface area contributed by atoms with Gasteiger partial charge in [-0.1, -0.05) is 53.4 Å². The number of nitrogens with zero attached hydrogens (tertiary/aromatic N) is 2. The van der Waals surface area contributed by atoms with Crippen LogP contribution in [0.5, 0.6) is 0 Å². The minimum Gasteiger partial charge on any atom is -0.662 e. The number of rotatable bonds is 8. The van der Waals surface area contributed by atoms with Gasteiger partial charge in [-0.25, -0.2) is 0 Å². The maximum atomic E-state index is 4.21. The summed E-state index contributed by atoms with van der Waals surface area (Å²) in [6.45, 7) is 12.8. The molecule has 0 amide bonds. The van der Waals surface area contributed by atoms with Gasteiger partial charge in [-0.3, -0.25) is 0 Å². The third kappa shape index (κ3) is 36.1. The van der Waals surface area contributed by atoms with E-state index in [0.717, 1.165) is 26.2 Å². The molecule has 0 radical (unpaired) electrons. The first-order valence-electron chi connectivity index (χ1n) is 6.09. The van der Waals surface area contributed by atoms with Crippen LogP contribution < -0.4 is 0 Å². The van der Waals surface area contributed by atoms with E-state index in [1.807, 2.05) is 0 Å². The molecule has 2 nitrogen and oxygen atoms in total. The molecule has 0 aromatic rings. The molecule has 0 bridgehead atoms. The second-order valence-corrected chi connectivity index (χ2v) is 3.34. The fourth-order valence-electron chi connectivity index (χ4n) is 0.856. The van der Waals surface area contributed by atoms with Crippen LogP contribution in [-0.2, 0) is 0 Å². The summed E-state index contributed by atoms with van der Waals surface area (Å²) in [4.78, 5) is 0. The van der Waals surface area contributed by atoms with Gasteiger partial charge in [0, 0.05) is 40.8 Å². The van der Waals surface area contributed by atoms with E-state index >= 15 is 0 Å². The summed E-state index contributed by atoms with van der Waals surface area (Å²) in [5, 5.41) is 8.42. The van der Waals surface area contributed by atoms with Crippen LogP contribution in [0.15, 0.2) is 0 Å². The molecule has 0 aliphatic carbocycles. The molecule has 0 aliphatic rings. The van der Waals surface area contributed by atoms with Crippen molar-refractivity contribution < 1.29 is 40.8 Å². The van der Waals surface area contributed by atoms with E-state index < -0.39 is 0 Å². The maximum Gasteiger partial charge on any atom is 0 e. The summed E-state index contributed by atoms with van der Waals surface area (Å²) >= 11 is 0. The molecule has 0 aromatic carbocycles. The summed E-state index contributed by atoms with van der Waals surface area (Å²) in [7, 11) is 0. The SMILES string of the molecule is CCC[N-]CCC.CCC[N-]CCC.Cl.[Nd]. The van der Waals surface area contributed by atoms with Gasteiger partial charge in [0.2, 0.25) is 0 Å².